The quantitative estimate of drug-likeness (QED) is 0.243. The summed E-state index contributed by atoms with van der Waals surface area (Å²) in [5.74, 6) is 0.380. The smallest absolute Gasteiger partial charge is 0.201 e. The molecule has 0 fully saturated rings. The van der Waals surface area contributed by atoms with Crippen molar-refractivity contribution in [3.63, 3.8) is 0 Å². The average Bonchev–Trinajstić information content (AvgIpc) is 2.62. The zero-order chi connectivity index (χ0) is 23.4. The third-order valence-electron chi connectivity index (χ3n) is 7.34. The van der Waals surface area contributed by atoms with E-state index < -0.39 is 16.6 Å². The Hall–Kier alpha value is -0.436. The first-order valence-electron chi connectivity index (χ1n) is 11.9. The number of carbonyl (C=O) groups excluding carboxylic acids is 1. The molecule has 0 saturated carbocycles. The molecule has 1 aliphatic rings. The SMILES string of the molecule is CC(C)[Si](O[C@@H]1C=C(C=O)OC[C@H]1O[Si](C(C)C)(C(C)C)C(C)C)(C(C)C)C(C)C. The minimum Gasteiger partial charge on any atom is -0.488 e. The first-order chi connectivity index (χ1) is 13.8. The molecule has 6 heteroatoms. The number of hydrogen-bond donors (Lipinski definition) is 0. The summed E-state index contributed by atoms with van der Waals surface area (Å²) in [5, 5.41) is 0. The highest BCUT2D eigenvalue weighted by atomic mass is 28.4. The van der Waals surface area contributed by atoms with E-state index in [9.17, 15) is 4.79 Å². The van der Waals surface area contributed by atoms with E-state index in [0.29, 0.717) is 45.6 Å². The fourth-order valence-electron chi connectivity index (χ4n) is 6.19. The summed E-state index contributed by atoms with van der Waals surface area (Å²) in [6.07, 6.45) is 2.28. The van der Waals surface area contributed by atoms with Crippen LogP contribution in [-0.2, 0) is 18.4 Å². The summed E-state index contributed by atoms with van der Waals surface area (Å²) in [7, 11) is -4.24. The molecule has 2 atom stereocenters. The van der Waals surface area contributed by atoms with Gasteiger partial charge in [0, 0.05) is 0 Å². The fourth-order valence-corrected chi connectivity index (χ4v) is 17.2. The average molecular weight is 457 g/mol. The van der Waals surface area contributed by atoms with Gasteiger partial charge < -0.3 is 13.6 Å². The lowest BCUT2D eigenvalue weighted by Crippen LogP contribution is -2.58. The molecule has 0 aliphatic carbocycles. The van der Waals surface area contributed by atoms with Gasteiger partial charge in [-0.15, -0.1) is 0 Å². The molecule has 4 nitrogen and oxygen atoms in total. The van der Waals surface area contributed by atoms with Crippen molar-refractivity contribution in [2.24, 2.45) is 0 Å². The van der Waals surface area contributed by atoms with E-state index in [1.54, 1.807) is 0 Å². The zero-order valence-corrected chi connectivity index (χ0v) is 23.6. The Kier molecular flexibility index (Phi) is 10.1. The number of allylic oxidation sites excluding steroid dienone is 1. The van der Waals surface area contributed by atoms with E-state index >= 15 is 0 Å². The Morgan fingerprint density at radius 1 is 0.767 bits per heavy atom. The molecule has 0 N–H and O–H groups in total. The summed E-state index contributed by atoms with van der Waals surface area (Å²) < 4.78 is 20.0. The van der Waals surface area contributed by atoms with Crippen LogP contribution in [-0.4, -0.2) is 41.7 Å². The maximum atomic E-state index is 11.5. The Labute approximate surface area is 188 Å². The predicted molar refractivity (Wildman–Crippen MR) is 132 cm³/mol. The molecule has 1 aliphatic heterocycles. The highest BCUT2D eigenvalue weighted by Gasteiger charge is 2.51. The molecule has 176 valence electrons. The van der Waals surface area contributed by atoms with Crippen molar-refractivity contribution in [2.45, 2.75) is 129 Å². The molecule has 0 saturated heterocycles. The van der Waals surface area contributed by atoms with Gasteiger partial charge in [-0.25, -0.2) is 0 Å². The highest BCUT2D eigenvalue weighted by molar-refractivity contribution is 6.78. The third kappa shape index (κ3) is 5.30. The monoisotopic (exact) mass is 456 g/mol. The van der Waals surface area contributed by atoms with E-state index in [4.69, 9.17) is 13.6 Å². The molecular weight excluding hydrogens is 408 g/mol. The lowest BCUT2D eigenvalue weighted by Gasteiger charge is -2.49. The van der Waals surface area contributed by atoms with Gasteiger partial charge >= 0.3 is 0 Å². The van der Waals surface area contributed by atoms with Crippen molar-refractivity contribution >= 4 is 22.9 Å². The van der Waals surface area contributed by atoms with Gasteiger partial charge in [0.25, 0.3) is 0 Å². The van der Waals surface area contributed by atoms with Crippen molar-refractivity contribution < 1.29 is 18.4 Å². The van der Waals surface area contributed by atoms with Gasteiger partial charge in [0.05, 0.1) is 6.10 Å². The first-order valence-corrected chi connectivity index (χ1v) is 16.2. The van der Waals surface area contributed by atoms with Gasteiger partial charge in [0.15, 0.2) is 12.0 Å². The molecule has 0 aromatic heterocycles. The molecule has 30 heavy (non-hydrogen) atoms. The Balaban J connectivity index is 3.44. The van der Waals surface area contributed by atoms with Crippen LogP contribution in [0.5, 0.6) is 0 Å². The highest BCUT2D eigenvalue weighted by Crippen LogP contribution is 2.46. The van der Waals surface area contributed by atoms with E-state index in [1.807, 2.05) is 6.08 Å². The zero-order valence-electron chi connectivity index (χ0n) is 21.6. The van der Waals surface area contributed by atoms with Gasteiger partial charge in [-0.1, -0.05) is 83.1 Å². The minimum absolute atomic E-state index is 0.171. The summed E-state index contributed by atoms with van der Waals surface area (Å²) in [4.78, 5) is 11.5. The molecular formula is C24H48O4Si2. The molecule has 0 unspecified atom stereocenters. The van der Waals surface area contributed by atoms with Crippen LogP contribution in [0.1, 0.15) is 83.1 Å². The lowest BCUT2D eigenvalue weighted by atomic mass is 10.1. The normalized spacial score (nSPS) is 21.2. The summed E-state index contributed by atoms with van der Waals surface area (Å²) in [5.41, 5.74) is 2.86. The van der Waals surface area contributed by atoms with Gasteiger partial charge in [0.2, 0.25) is 16.6 Å². The van der Waals surface area contributed by atoms with Crippen LogP contribution in [0.25, 0.3) is 0 Å². The number of hydrogen-bond acceptors (Lipinski definition) is 4. The van der Waals surface area contributed by atoms with Crippen LogP contribution in [0, 0.1) is 0 Å². The van der Waals surface area contributed by atoms with Crippen LogP contribution in [0.3, 0.4) is 0 Å². The number of carbonyl (C=O) groups is 1. The van der Waals surface area contributed by atoms with Crippen LogP contribution in [0.2, 0.25) is 33.2 Å². The Morgan fingerprint density at radius 2 is 1.13 bits per heavy atom. The lowest BCUT2D eigenvalue weighted by molar-refractivity contribution is -0.109. The maximum Gasteiger partial charge on any atom is 0.201 e. The molecule has 0 bridgehead atoms. The molecule has 0 aromatic rings. The van der Waals surface area contributed by atoms with Crippen molar-refractivity contribution in [3.8, 4) is 0 Å². The second kappa shape index (κ2) is 10.9. The fraction of sp³-hybridized carbons (Fsp3) is 0.875. The van der Waals surface area contributed by atoms with Crippen molar-refractivity contribution in [2.75, 3.05) is 6.61 Å². The van der Waals surface area contributed by atoms with Crippen LogP contribution >= 0.6 is 0 Å². The van der Waals surface area contributed by atoms with E-state index in [1.165, 1.54) is 0 Å². The van der Waals surface area contributed by atoms with Gasteiger partial charge in [-0.05, 0) is 39.3 Å². The number of rotatable bonds is 11. The van der Waals surface area contributed by atoms with Crippen molar-refractivity contribution in [1.82, 2.24) is 0 Å². The molecule has 1 rings (SSSR count). The number of aldehydes is 1. The standard InChI is InChI=1S/C24H48O4Si2/c1-16(2)29(17(3)4,18(5)6)27-23-13-22(14-25)26-15-24(23)28-30(19(7)8,20(9)10)21(11)12/h13-14,16-21,23-24H,15H2,1-12H3/t23-,24-/m1/s1. The van der Waals surface area contributed by atoms with Gasteiger partial charge in [-0.2, -0.15) is 0 Å². The number of ether oxygens (including phenoxy) is 1. The largest absolute Gasteiger partial charge is 0.488 e. The second-order valence-electron chi connectivity index (χ2n) is 10.9. The summed E-state index contributed by atoms with van der Waals surface area (Å²) in [6, 6.07) is 0. The third-order valence-corrected chi connectivity index (χ3v) is 19.6. The molecule has 0 radical (unpaired) electrons. The molecule has 0 amide bonds. The topological polar surface area (TPSA) is 44.8 Å². The van der Waals surface area contributed by atoms with E-state index in [2.05, 4.69) is 83.1 Å². The Morgan fingerprint density at radius 3 is 1.47 bits per heavy atom. The van der Waals surface area contributed by atoms with Gasteiger partial charge in [0.1, 0.15) is 12.7 Å². The predicted octanol–water partition coefficient (Wildman–Crippen LogP) is 7.22. The molecule has 1 heterocycles. The van der Waals surface area contributed by atoms with E-state index in [-0.39, 0.29) is 12.2 Å². The summed E-state index contributed by atoms with van der Waals surface area (Å²) in [6.45, 7) is 27.9. The Bertz CT molecular complexity index is 538. The van der Waals surface area contributed by atoms with Crippen LogP contribution in [0.15, 0.2) is 11.8 Å². The van der Waals surface area contributed by atoms with E-state index in [0.717, 1.165) is 6.29 Å². The second-order valence-corrected chi connectivity index (χ2v) is 21.7. The van der Waals surface area contributed by atoms with Crippen molar-refractivity contribution in [3.05, 3.63) is 11.8 Å². The molecule has 0 aromatic carbocycles. The van der Waals surface area contributed by atoms with Crippen LogP contribution in [0.4, 0.5) is 0 Å². The summed E-state index contributed by atoms with van der Waals surface area (Å²) >= 11 is 0. The van der Waals surface area contributed by atoms with Gasteiger partial charge in [-0.3, -0.25) is 4.79 Å². The van der Waals surface area contributed by atoms with Crippen molar-refractivity contribution in [1.29, 1.82) is 0 Å². The minimum atomic E-state index is -2.14. The van der Waals surface area contributed by atoms with Crippen LogP contribution < -0.4 is 0 Å². The first kappa shape index (κ1) is 27.6. The maximum absolute atomic E-state index is 11.5. The molecule has 0 spiro atoms.